The van der Waals surface area contributed by atoms with Gasteiger partial charge in [-0.1, -0.05) is 5.11 Å². The van der Waals surface area contributed by atoms with E-state index in [-0.39, 0.29) is 12.2 Å². The molecule has 6 N–H and O–H groups in total. The molecule has 0 aliphatic carbocycles. The van der Waals surface area contributed by atoms with E-state index in [1.807, 2.05) is 0 Å². The highest BCUT2D eigenvalue weighted by Crippen LogP contribution is 2.66. The van der Waals surface area contributed by atoms with Gasteiger partial charge in [-0.25, -0.2) is 18.5 Å². The molecule has 19 nitrogen and oxygen atoms in total. The third-order valence-electron chi connectivity index (χ3n) is 3.57. The van der Waals surface area contributed by atoms with Gasteiger partial charge in [0.1, 0.15) is 24.9 Å². The first-order valence-electron chi connectivity index (χ1n) is 8.12. The molecule has 1 aliphatic rings. The Kier molecular flexibility index (Phi) is 8.72. The van der Waals surface area contributed by atoms with E-state index in [0.717, 1.165) is 4.57 Å². The quantitative estimate of drug-likeness (QED) is 0.111. The summed E-state index contributed by atoms with van der Waals surface area (Å²) in [7, 11) is -16.7. The second kappa shape index (κ2) is 10.5. The summed E-state index contributed by atoms with van der Waals surface area (Å²) in [5, 5.41) is 3.16. The Hall–Kier alpha value is -1.68. The number of anilines is 1. The van der Waals surface area contributed by atoms with Gasteiger partial charge in [-0.2, -0.15) is 13.6 Å². The maximum absolute atomic E-state index is 12.0. The maximum Gasteiger partial charge on any atom is 0.490 e. The van der Waals surface area contributed by atoms with Crippen molar-refractivity contribution in [2.75, 3.05) is 19.1 Å². The lowest BCUT2D eigenvalue weighted by atomic mass is 10.2. The molecule has 2 rings (SSSR count). The number of azide groups is 1. The number of nitrogens with two attached hydrogens (primary N) is 1. The molecule has 0 bridgehead atoms. The number of aromatic nitrogens is 2. The van der Waals surface area contributed by atoms with Gasteiger partial charge in [-0.05, 0) is 11.6 Å². The molecule has 1 fully saturated rings. The van der Waals surface area contributed by atoms with Crippen LogP contribution in [0.1, 0.15) is 12.6 Å². The summed E-state index contributed by atoms with van der Waals surface area (Å²) in [5.41, 5.74) is 13.0. The highest BCUT2D eigenvalue weighted by molar-refractivity contribution is 7.66. The molecule has 0 aromatic carbocycles. The van der Waals surface area contributed by atoms with Gasteiger partial charge in [0.2, 0.25) is 0 Å². The molecular formula is C10H17N6O13P3. The van der Waals surface area contributed by atoms with Crippen molar-refractivity contribution >= 4 is 29.3 Å². The third-order valence-corrected chi connectivity index (χ3v) is 7.37. The summed E-state index contributed by atoms with van der Waals surface area (Å²) in [6, 6.07) is 1.31. The average Bonchev–Trinajstić information content (AvgIpc) is 3.00. The Labute approximate surface area is 177 Å². The lowest BCUT2D eigenvalue weighted by Gasteiger charge is -2.20. The van der Waals surface area contributed by atoms with Crippen LogP contribution in [0.3, 0.4) is 0 Å². The highest BCUT2D eigenvalue weighted by atomic mass is 31.3. The molecule has 1 aromatic rings. The molecule has 32 heavy (non-hydrogen) atoms. The van der Waals surface area contributed by atoms with Crippen molar-refractivity contribution in [2.45, 2.75) is 24.9 Å². The van der Waals surface area contributed by atoms with Crippen LogP contribution in [0.25, 0.3) is 10.4 Å². The zero-order chi connectivity index (χ0) is 24.2. The van der Waals surface area contributed by atoms with Gasteiger partial charge in [0.15, 0.2) is 0 Å². The summed E-state index contributed by atoms with van der Waals surface area (Å²) in [6.07, 6.45) is -1.96. The predicted molar refractivity (Wildman–Crippen MR) is 100 cm³/mol. The Balaban J connectivity index is 2.11. The van der Waals surface area contributed by atoms with Crippen LogP contribution in [0, 0.1) is 0 Å². The van der Waals surface area contributed by atoms with Gasteiger partial charge in [-0.15, -0.1) is 0 Å². The zero-order valence-corrected chi connectivity index (χ0v) is 18.3. The van der Waals surface area contributed by atoms with Crippen LogP contribution < -0.4 is 11.4 Å². The number of nitrogen functional groups attached to an aromatic ring is 1. The largest absolute Gasteiger partial charge is 0.490 e. The molecule has 22 heteroatoms. The molecule has 1 saturated heterocycles. The molecule has 0 radical (unpaired) electrons. The van der Waals surface area contributed by atoms with Crippen molar-refractivity contribution in [1.29, 1.82) is 0 Å². The topological polar surface area (TPSA) is 288 Å². The van der Waals surface area contributed by atoms with E-state index in [1.54, 1.807) is 0 Å². The van der Waals surface area contributed by atoms with Crippen molar-refractivity contribution in [3.05, 3.63) is 33.2 Å². The number of hydrogen-bond donors (Lipinski definition) is 5. The summed E-state index contributed by atoms with van der Waals surface area (Å²) in [6.45, 7) is -1.31. The standard InChI is InChI=1S/C10H17N6O13P3/c11-8-1-2-16(10(17)14-8)9-3-6(25-5-13-15-12)7(27-9)4-26-31(21,22)29-32(23,24)28-30(18,19)20/h1-2,6-7,9H,3-5H2,(H,21,22)(H,23,24)(H2,11,14,17)(H2,18,19,20). The number of rotatable bonds is 11. The fourth-order valence-corrected chi connectivity index (χ4v) is 5.50. The van der Waals surface area contributed by atoms with Crippen LogP contribution in [0.4, 0.5) is 5.82 Å². The smallest absolute Gasteiger partial charge is 0.383 e. The van der Waals surface area contributed by atoms with Crippen LogP contribution in [-0.2, 0) is 36.3 Å². The fourth-order valence-electron chi connectivity index (χ4n) is 2.47. The van der Waals surface area contributed by atoms with Crippen LogP contribution in [0.15, 0.2) is 22.2 Å². The lowest BCUT2D eigenvalue weighted by molar-refractivity contribution is -0.0600. The third kappa shape index (κ3) is 8.35. The highest BCUT2D eigenvalue weighted by Gasteiger charge is 2.43. The number of ether oxygens (including phenoxy) is 2. The first kappa shape index (κ1) is 26.6. The van der Waals surface area contributed by atoms with Gasteiger partial charge >= 0.3 is 29.2 Å². The van der Waals surface area contributed by atoms with Gasteiger partial charge in [-0.3, -0.25) is 9.09 Å². The molecule has 0 spiro atoms. The summed E-state index contributed by atoms with van der Waals surface area (Å²) >= 11 is 0. The van der Waals surface area contributed by atoms with Crippen LogP contribution in [0.2, 0.25) is 0 Å². The van der Waals surface area contributed by atoms with E-state index in [1.165, 1.54) is 12.3 Å². The number of nitrogens with zero attached hydrogens (tertiary/aromatic N) is 5. The summed E-state index contributed by atoms with van der Waals surface area (Å²) < 4.78 is 57.5. The van der Waals surface area contributed by atoms with E-state index in [9.17, 15) is 23.4 Å². The Morgan fingerprint density at radius 3 is 2.56 bits per heavy atom. The first-order valence-corrected chi connectivity index (χ1v) is 12.6. The average molecular weight is 522 g/mol. The van der Waals surface area contributed by atoms with Crippen molar-refractivity contribution < 1.29 is 55.9 Å². The van der Waals surface area contributed by atoms with Crippen molar-refractivity contribution in [1.82, 2.24) is 9.55 Å². The maximum atomic E-state index is 12.0. The van der Waals surface area contributed by atoms with Crippen LogP contribution >= 0.6 is 23.5 Å². The monoisotopic (exact) mass is 522 g/mol. The normalized spacial score (nSPS) is 24.9. The minimum Gasteiger partial charge on any atom is -0.383 e. The predicted octanol–water partition coefficient (Wildman–Crippen LogP) is 0.109. The fraction of sp³-hybridized carbons (Fsp3) is 0.600. The van der Waals surface area contributed by atoms with Crippen molar-refractivity contribution in [2.24, 2.45) is 5.11 Å². The number of phosphoric acid groups is 3. The molecule has 0 saturated carbocycles. The minimum absolute atomic E-state index is 0.0448. The molecule has 2 heterocycles. The Morgan fingerprint density at radius 2 is 1.97 bits per heavy atom. The van der Waals surface area contributed by atoms with E-state index < -0.39 is 60.9 Å². The van der Waals surface area contributed by atoms with Gasteiger partial charge in [0.05, 0.1) is 12.7 Å². The van der Waals surface area contributed by atoms with Crippen LogP contribution in [0.5, 0.6) is 0 Å². The summed E-state index contributed by atoms with van der Waals surface area (Å²) in [5.74, 6) is -0.0513. The van der Waals surface area contributed by atoms with Gasteiger partial charge in [0.25, 0.3) is 0 Å². The van der Waals surface area contributed by atoms with E-state index >= 15 is 0 Å². The Morgan fingerprint density at radius 1 is 1.28 bits per heavy atom. The van der Waals surface area contributed by atoms with Crippen molar-refractivity contribution in [3.63, 3.8) is 0 Å². The Bertz CT molecular complexity index is 1070. The zero-order valence-electron chi connectivity index (χ0n) is 15.6. The SMILES string of the molecule is [N-]=[N+]=NCOC1CC(n2ccc(N)nc2=O)OC1COP(=O)(O)OP(=O)(O)OP(=O)(O)O. The first-order chi connectivity index (χ1) is 14.7. The molecule has 5 unspecified atom stereocenters. The summed E-state index contributed by atoms with van der Waals surface area (Å²) in [4.78, 5) is 53.8. The molecule has 180 valence electrons. The second-order valence-corrected chi connectivity index (χ2v) is 10.3. The molecule has 1 aliphatic heterocycles. The number of phosphoric ester groups is 1. The van der Waals surface area contributed by atoms with Crippen LogP contribution in [-0.4, -0.2) is 54.7 Å². The van der Waals surface area contributed by atoms with Gasteiger partial charge in [0, 0.05) is 17.5 Å². The lowest BCUT2D eigenvalue weighted by Crippen LogP contribution is -2.29. The molecule has 1 aromatic heterocycles. The number of hydrogen-bond acceptors (Lipinski definition) is 12. The van der Waals surface area contributed by atoms with Crippen molar-refractivity contribution in [3.8, 4) is 0 Å². The van der Waals surface area contributed by atoms with E-state index in [4.69, 9.17) is 35.4 Å². The molecule has 0 amide bonds. The molecule has 5 atom stereocenters. The molecular weight excluding hydrogens is 505 g/mol. The second-order valence-electron chi connectivity index (χ2n) is 5.86. The minimum atomic E-state index is -5.70. The van der Waals surface area contributed by atoms with Gasteiger partial charge < -0.3 is 34.8 Å². The van der Waals surface area contributed by atoms with E-state index in [0.29, 0.717) is 0 Å². The van der Waals surface area contributed by atoms with E-state index in [2.05, 4.69) is 28.2 Å².